The normalized spacial score (nSPS) is 12.9. The number of aromatic nitrogens is 1. The molecule has 4 heteroatoms. The Hall–Kier alpha value is -1.58. The monoisotopic (exact) mass is 250 g/mol. The van der Waals surface area contributed by atoms with Crippen LogP contribution in [0.3, 0.4) is 0 Å². The Morgan fingerprint density at radius 3 is 2.67 bits per heavy atom. The van der Waals surface area contributed by atoms with Gasteiger partial charge in [0, 0.05) is 23.9 Å². The van der Waals surface area contributed by atoms with Crippen LogP contribution in [0.25, 0.3) is 0 Å². The van der Waals surface area contributed by atoms with Gasteiger partial charge in [-0.15, -0.1) is 0 Å². The number of nitrogens with zero attached hydrogens (tertiary/aromatic N) is 1. The van der Waals surface area contributed by atoms with Crippen LogP contribution in [-0.4, -0.2) is 23.2 Å². The van der Waals surface area contributed by atoms with Crippen molar-refractivity contribution in [1.29, 1.82) is 0 Å². The van der Waals surface area contributed by atoms with Crippen LogP contribution in [0.5, 0.6) is 0 Å². The second-order valence-electron chi connectivity index (χ2n) is 5.49. The van der Waals surface area contributed by atoms with E-state index in [1.807, 2.05) is 52.8 Å². The van der Waals surface area contributed by atoms with Crippen LogP contribution in [0.15, 0.2) is 18.2 Å². The maximum absolute atomic E-state index is 11.5. The Labute approximate surface area is 109 Å². The molecule has 0 aromatic carbocycles. The van der Waals surface area contributed by atoms with Gasteiger partial charge in [0.25, 0.3) is 0 Å². The first kappa shape index (κ1) is 14.5. The summed E-state index contributed by atoms with van der Waals surface area (Å²) in [4.78, 5) is 15.9. The summed E-state index contributed by atoms with van der Waals surface area (Å²) < 4.78 is 5.18. The molecule has 0 spiro atoms. The van der Waals surface area contributed by atoms with Gasteiger partial charge in [0.2, 0.25) is 0 Å². The van der Waals surface area contributed by atoms with Crippen LogP contribution in [0.1, 0.15) is 45.0 Å². The minimum Gasteiger partial charge on any atom is -0.444 e. The lowest BCUT2D eigenvalue weighted by atomic mass is 10.1. The van der Waals surface area contributed by atoms with E-state index in [0.29, 0.717) is 6.54 Å². The number of carbonyl (C=O) groups is 1. The maximum atomic E-state index is 11.5. The zero-order chi connectivity index (χ0) is 13.8. The first-order valence-electron chi connectivity index (χ1n) is 6.18. The largest absolute Gasteiger partial charge is 0.444 e. The molecular formula is C14H22N2O2. The van der Waals surface area contributed by atoms with Gasteiger partial charge in [-0.25, -0.2) is 4.79 Å². The van der Waals surface area contributed by atoms with Crippen molar-refractivity contribution in [3.05, 3.63) is 29.6 Å². The van der Waals surface area contributed by atoms with Gasteiger partial charge in [-0.05, 0) is 39.8 Å². The second-order valence-corrected chi connectivity index (χ2v) is 5.49. The van der Waals surface area contributed by atoms with Crippen LogP contribution >= 0.6 is 0 Å². The summed E-state index contributed by atoms with van der Waals surface area (Å²) in [6.45, 7) is 10.0. The van der Waals surface area contributed by atoms with Crippen molar-refractivity contribution < 1.29 is 9.53 Å². The van der Waals surface area contributed by atoms with Gasteiger partial charge in [-0.2, -0.15) is 0 Å². The zero-order valence-electron chi connectivity index (χ0n) is 11.8. The summed E-state index contributed by atoms with van der Waals surface area (Å²) in [5.74, 6) is 0.164. The Morgan fingerprint density at radius 2 is 2.11 bits per heavy atom. The fraction of sp³-hybridized carbons (Fsp3) is 0.571. The van der Waals surface area contributed by atoms with Crippen molar-refractivity contribution >= 4 is 6.09 Å². The third-order valence-corrected chi connectivity index (χ3v) is 2.37. The van der Waals surface area contributed by atoms with Gasteiger partial charge in [-0.3, -0.25) is 4.98 Å². The lowest BCUT2D eigenvalue weighted by Gasteiger charge is -2.20. The number of rotatable bonds is 3. The van der Waals surface area contributed by atoms with Crippen molar-refractivity contribution in [3.8, 4) is 0 Å². The number of amides is 1. The third-order valence-electron chi connectivity index (χ3n) is 2.37. The average molecular weight is 250 g/mol. The summed E-state index contributed by atoms with van der Waals surface area (Å²) in [7, 11) is 0. The quantitative estimate of drug-likeness (QED) is 0.897. The zero-order valence-corrected chi connectivity index (χ0v) is 11.8. The first-order chi connectivity index (χ1) is 8.28. The molecular weight excluding hydrogens is 228 g/mol. The van der Waals surface area contributed by atoms with Crippen LogP contribution in [-0.2, 0) is 4.74 Å². The molecule has 1 aromatic rings. The van der Waals surface area contributed by atoms with Crippen molar-refractivity contribution in [3.63, 3.8) is 0 Å². The number of carbonyl (C=O) groups excluding carboxylic acids is 1. The molecule has 0 radical (unpaired) electrons. The number of nitrogens with one attached hydrogen (secondary N) is 1. The van der Waals surface area contributed by atoms with Crippen LogP contribution in [0.4, 0.5) is 4.79 Å². The molecule has 0 saturated heterocycles. The highest BCUT2D eigenvalue weighted by Crippen LogP contribution is 2.12. The molecule has 100 valence electrons. The smallest absolute Gasteiger partial charge is 0.407 e. The second kappa shape index (κ2) is 5.85. The SMILES string of the molecule is Cc1cccc(C(C)CNC(=O)OC(C)(C)C)n1. The summed E-state index contributed by atoms with van der Waals surface area (Å²) in [6.07, 6.45) is -0.387. The molecule has 1 atom stereocenters. The number of alkyl carbamates (subject to hydrolysis) is 1. The molecule has 1 amide bonds. The summed E-state index contributed by atoms with van der Waals surface area (Å²) >= 11 is 0. The number of aryl methyl sites for hydroxylation is 1. The van der Waals surface area contributed by atoms with E-state index in [9.17, 15) is 4.79 Å². The van der Waals surface area contributed by atoms with Crippen molar-refractivity contribution in [2.24, 2.45) is 0 Å². The predicted octanol–water partition coefficient (Wildman–Crippen LogP) is 3.02. The minimum absolute atomic E-state index is 0.164. The molecule has 0 fully saturated rings. The van der Waals surface area contributed by atoms with Crippen LogP contribution in [0, 0.1) is 6.92 Å². The molecule has 18 heavy (non-hydrogen) atoms. The molecule has 0 aliphatic carbocycles. The van der Waals surface area contributed by atoms with E-state index in [1.54, 1.807) is 0 Å². The van der Waals surface area contributed by atoms with E-state index in [0.717, 1.165) is 11.4 Å². The molecule has 0 aliphatic rings. The number of pyridine rings is 1. The van der Waals surface area contributed by atoms with Gasteiger partial charge in [-0.1, -0.05) is 13.0 Å². The molecule has 1 N–H and O–H groups in total. The van der Waals surface area contributed by atoms with Crippen molar-refractivity contribution in [2.75, 3.05) is 6.54 Å². The topological polar surface area (TPSA) is 51.2 Å². The van der Waals surface area contributed by atoms with E-state index in [4.69, 9.17) is 4.74 Å². The highest BCUT2D eigenvalue weighted by molar-refractivity contribution is 5.67. The van der Waals surface area contributed by atoms with E-state index < -0.39 is 5.60 Å². The summed E-state index contributed by atoms with van der Waals surface area (Å²) in [5.41, 5.74) is 1.50. The molecule has 1 unspecified atom stereocenters. The highest BCUT2D eigenvalue weighted by atomic mass is 16.6. The molecule has 1 heterocycles. The summed E-state index contributed by atoms with van der Waals surface area (Å²) in [5, 5.41) is 2.76. The minimum atomic E-state index is -0.463. The van der Waals surface area contributed by atoms with Crippen LogP contribution < -0.4 is 5.32 Å². The summed E-state index contributed by atoms with van der Waals surface area (Å²) in [6, 6.07) is 5.90. The molecule has 4 nitrogen and oxygen atoms in total. The van der Waals surface area contributed by atoms with Gasteiger partial charge < -0.3 is 10.1 Å². The molecule has 0 aliphatic heterocycles. The molecule has 1 aromatic heterocycles. The Morgan fingerprint density at radius 1 is 1.44 bits per heavy atom. The fourth-order valence-corrected chi connectivity index (χ4v) is 1.49. The number of ether oxygens (including phenoxy) is 1. The fourth-order valence-electron chi connectivity index (χ4n) is 1.49. The molecule has 0 saturated carbocycles. The van der Waals surface area contributed by atoms with E-state index in [2.05, 4.69) is 10.3 Å². The first-order valence-corrected chi connectivity index (χ1v) is 6.18. The Bertz CT molecular complexity index is 411. The van der Waals surface area contributed by atoms with Gasteiger partial charge in [0.15, 0.2) is 0 Å². The molecule has 1 rings (SSSR count). The molecule has 0 bridgehead atoms. The predicted molar refractivity (Wildman–Crippen MR) is 71.6 cm³/mol. The van der Waals surface area contributed by atoms with E-state index in [1.165, 1.54) is 0 Å². The lowest BCUT2D eigenvalue weighted by molar-refractivity contribution is 0.0525. The van der Waals surface area contributed by atoms with Gasteiger partial charge in [0.05, 0.1) is 0 Å². The van der Waals surface area contributed by atoms with Gasteiger partial charge in [0.1, 0.15) is 5.60 Å². The van der Waals surface area contributed by atoms with Crippen molar-refractivity contribution in [1.82, 2.24) is 10.3 Å². The van der Waals surface area contributed by atoms with Crippen molar-refractivity contribution in [2.45, 2.75) is 46.1 Å². The van der Waals surface area contributed by atoms with Crippen LogP contribution in [0.2, 0.25) is 0 Å². The average Bonchev–Trinajstić information content (AvgIpc) is 2.23. The van der Waals surface area contributed by atoms with E-state index >= 15 is 0 Å². The maximum Gasteiger partial charge on any atom is 0.407 e. The standard InChI is InChI=1S/C14H22N2O2/c1-10(12-8-6-7-11(2)16-12)9-15-13(17)18-14(3,4)5/h6-8,10H,9H2,1-5H3,(H,15,17). The van der Waals surface area contributed by atoms with E-state index in [-0.39, 0.29) is 12.0 Å². The van der Waals surface area contributed by atoms with Gasteiger partial charge >= 0.3 is 6.09 Å². The Kier molecular flexibility index (Phi) is 4.70. The Balaban J connectivity index is 2.46. The number of hydrogen-bond acceptors (Lipinski definition) is 3. The highest BCUT2D eigenvalue weighted by Gasteiger charge is 2.17. The third kappa shape index (κ3) is 5.17. The number of hydrogen-bond donors (Lipinski definition) is 1. The lowest BCUT2D eigenvalue weighted by Crippen LogP contribution is -2.34.